The van der Waals surface area contributed by atoms with Gasteiger partial charge in [0.25, 0.3) is 5.91 Å². The van der Waals surface area contributed by atoms with Gasteiger partial charge in [0.2, 0.25) is 0 Å². The van der Waals surface area contributed by atoms with Crippen molar-refractivity contribution in [2.75, 3.05) is 6.61 Å². The lowest BCUT2D eigenvalue weighted by molar-refractivity contribution is -0.123. The van der Waals surface area contributed by atoms with Gasteiger partial charge in [-0.3, -0.25) is 4.79 Å². The molecule has 1 amide bonds. The van der Waals surface area contributed by atoms with Crippen LogP contribution in [0.2, 0.25) is 5.02 Å². The van der Waals surface area contributed by atoms with E-state index in [9.17, 15) is 4.79 Å². The maximum absolute atomic E-state index is 12.0. The molecule has 1 N–H and O–H groups in total. The summed E-state index contributed by atoms with van der Waals surface area (Å²) in [6, 6.07) is 13.4. The number of hydrogen-bond donors (Lipinski definition) is 1. The molecule has 0 radical (unpaired) electrons. The Balaban J connectivity index is 1.46. The van der Waals surface area contributed by atoms with Gasteiger partial charge in [0, 0.05) is 6.54 Å². The van der Waals surface area contributed by atoms with Crippen LogP contribution < -0.4 is 10.1 Å². The number of benzene rings is 2. The van der Waals surface area contributed by atoms with Gasteiger partial charge in [-0.15, -0.1) is 0 Å². The zero-order valence-electron chi connectivity index (χ0n) is 14.4. The Morgan fingerprint density at radius 3 is 2.69 bits per heavy atom. The fourth-order valence-electron chi connectivity index (χ4n) is 2.38. The number of amides is 1. The van der Waals surface area contributed by atoms with Gasteiger partial charge in [0.05, 0.1) is 11.6 Å². The first kappa shape index (κ1) is 17.9. The average Bonchev–Trinajstić information content (AvgIpc) is 3.15. The molecule has 3 rings (SSSR count). The molecular formula is C19H19ClN4O2. The molecule has 0 unspecified atom stereocenters. The van der Waals surface area contributed by atoms with Crippen molar-refractivity contribution in [3.8, 4) is 5.75 Å². The summed E-state index contributed by atoms with van der Waals surface area (Å²) in [6.45, 7) is 2.97. The zero-order valence-corrected chi connectivity index (χ0v) is 15.1. The zero-order chi connectivity index (χ0) is 18.4. The van der Waals surface area contributed by atoms with Crippen molar-refractivity contribution in [2.45, 2.75) is 20.0 Å². The van der Waals surface area contributed by atoms with Gasteiger partial charge in [0.15, 0.2) is 6.61 Å². The van der Waals surface area contributed by atoms with Crippen LogP contribution in [-0.2, 0) is 17.9 Å². The fraction of sp³-hybridized carbons (Fsp3) is 0.211. The third kappa shape index (κ3) is 5.07. The van der Waals surface area contributed by atoms with Gasteiger partial charge >= 0.3 is 0 Å². The molecule has 0 fully saturated rings. The van der Waals surface area contributed by atoms with Crippen LogP contribution in [0, 0.1) is 6.92 Å². The van der Waals surface area contributed by atoms with E-state index in [4.69, 9.17) is 16.3 Å². The summed E-state index contributed by atoms with van der Waals surface area (Å²) in [5.41, 5.74) is 3.15. The van der Waals surface area contributed by atoms with Gasteiger partial charge in [-0.05, 0) is 35.7 Å². The first-order chi connectivity index (χ1) is 12.6. The molecule has 1 heterocycles. The molecule has 26 heavy (non-hydrogen) atoms. The second-order valence-corrected chi connectivity index (χ2v) is 6.32. The molecule has 6 nitrogen and oxygen atoms in total. The lowest BCUT2D eigenvalue weighted by atomic mass is 10.1. The SMILES string of the molecule is Cc1ccc(Cl)c(OCC(=O)NCc2ccc(Cn3cncn3)cc2)c1. The standard InChI is InChI=1S/C19H19ClN4O2/c1-14-2-7-17(20)18(8-14)26-11-19(25)22-9-15-3-5-16(6-4-15)10-24-13-21-12-23-24/h2-8,12-13H,9-11H2,1H3,(H,22,25). The molecule has 0 atom stereocenters. The van der Waals surface area contributed by atoms with Crippen molar-refractivity contribution in [3.63, 3.8) is 0 Å². The Kier molecular flexibility index (Phi) is 5.86. The molecule has 134 valence electrons. The average molecular weight is 371 g/mol. The Hall–Kier alpha value is -2.86. The minimum absolute atomic E-state index is 0.0758. The lowest BCUT2D eigenvalue weighted by Crippen LogP contribution is -2.28. The summed E-state index contributed by atoms with van der Waals surface area (Å²) in [4.78, 5) is 15.9. The number of hydrogen-bond acceptors (Lipinski definition) is 4. The second kappa shape index (κ2) is 8.49. The number of nitrogens with zero attached hydrogens (tertiary/aromatic N) is 3. The van der Waals surface area contributed by atoms with E-state index in [0.717, 1.165) is 16.7 Å². The molecule has 0 bridgehead atoms. The number of halogens is 1. The number of carbonyl (C=O) groups is 1. The second-order valence-electron chi connectivity index (χ2n) is 5.91. The maximum Gasteiger partial charge on any atom is 0.258 e. The molecule has 0 saturated carbocycles. The number of carbonyl (C=O) groups excluding carboxylic acids is 1. The van der Waals surface area contributed by atoms with Crippen LogP contribution in [-0.4, -0.2) is 27.3 Å². The molecule has 0 saturated heterocycles. The molecule has 7 heteroatoms. The summed E-state index contributed by atoms with van der Waals surface area (Å²) < 4.78 is 7.24. The number of ether oxygens (including phenoxy) is 1. The quantitative estimate of drug-likeness (QED) is 0.694. The molecule has 0 aliphatic carbocycles. The summed E-state index contributed by atoms with van der Waals surface area (Å²) >= 11 is 6.05. The van der Waals surface area contributed by atoms with Crippen LogP contribution in [0.25, 0.3) is 0 Å². The number of rotatable bonds is 7. The van der Waals surface area contributed by atoms with Crippen LogP contribution in [0.3, 0.4) is 0 Å². The molecule has 0 aliphatic heterocycles. The largest absolute Gasteiger partial charge is 0.482 e. The molecular weight excluding hydrogens is 352 g/mol. The molecule has 0 aliphatic rings. The topological polar surface area (TPSA) is 69.0 Å². The summed E-state index contributed by atoms with van der Waals surface area (Å²) in [5, 5.41) is 7.40. The van der Waals surface area contributed by atoms with E-state index in [1.807, 2.05) is 43.3 Å². The normalized spacial score (nSPS) is 10.5. The first-order valence-electron chi connectivity index (χ1n) is 8.16. The van der Waals surface area contributed by atoms with Crippen molar-refractivity contribution in [3.05, 3.63) is 76.8 Å². The highest BCUT2D eigenvalue weighted by Crippen LogP contribution is 2.25. The van der Waals surface area contributed by atoms with Crippen molar-refractivity contribution in [1.29, 1.82) is 0 Å². The van der Waals surface area contributed by atoms with E-state index in [0.29, 0.717) is 23.9 Å². The smallest absolute Gasteiger partial charge is 0.258 e. The number of aryl methyl sites for hydroxylation is 1. The van der Waals surface area contributed by atoms with E-state index in [1.165, 1.54) is 6.33 Å². The minimum atomic E-state index is -0.200. The van der Waals surface area contributed by atoms with Gasteiger partial charge < -0.3 is 10.1 Å². The summed E-state index contributed by atoms with van der Waals surface area (Å²) in [6.07, 6.45) is 3.19. The number of nitrogens with one attached hydrogen (secondary N) is 1. The van der Waals surface area contributed by atoms with Crippen LogP contribution in [0.1, 0.15) is 16.7 Å². The van der Waals surface area contributed by atoms with E-state index in [-0.39, 0.29) is 12.5 Å². The van der Waals surface area contributed by atoms with Crippen LogP contribution in [0.5, 0.6) is 5.75 Å². The fourth-order valence-corrected chi connectivity index (χ4v) is 2.55. The van der Waals surface area contributed by atoms with Gasteiger partial charge in [-0.1, -0.05) is 41.9 Å². The predicted molar refractivity (Wildman–Crippen MR) is 99.1 cm³/mol. The summed E-state index contributed by atoms with van der Waals surface area (Å²) in [7, 11) is 0. The van der Waals surface area contributed by atoms with Crippen LogP contribution in [0.15, 0.2) is 55.1 Å². The highest BCUT2D eigenvalue weighted by molar-refractivity contribution is 6.32. The van der Waals surface area contributed by atoms with Crippen molar-refractivity contribution < 1.29 is 9.53 Å². The summed E-state index contributed by atoms with van der Waals surface area (Å²) in [5.74, 6) is 0.313. The highest BCUT2D eigenvalue weighted by Gasteiger charge is 2.06. The number of aromatic nitrogens is 3. The van der Waals surface area contributed by atoms with Gasteiger partial charge in [0.1, 0.15) is 18.4 Å². The van der Waals surface area contributed by atoms with E-state index >= 15 is 0 Å². The van der Waals surface area contributed by atoms with Crippen LogP contribution in [0.4, 0.5) is 0 Å². The van der Waals surface area contributed by atoms with Crippen molar-refractivity contribution in [1.82, 2.24) is 20.1 Å². The minimum Gasteiger partial charge on any atom is -0.482 e. The van der Waals surface area contributed by atoms with E-state index in [2.05, 4.69) is 15.4 Å². The molecule has 2 aromatic carbocycles. The molecule has 0 spiro atoms. The van der Waals surface area contributed by atoms with E-state index in [1.54, 1.807) is 17.1 Å². The van der Waals surface area contributed by atoms with E-state index < -0.39 is 0 Å². The third-order valence-electron chi connectivity index (χ3n) is 3.77. The van der Waals surface area contributed by atoms with Crippen molar-refractivity contribution >= 4 is 17.5 Å². The first-order valence-corrected chi connectivity index (χ1v) is 8.54. The maximum atomic E-state index is 12.0. The Morgan fingerprint density at radius 2 is 1.96 bits per heavy atom. The van der Waals surface area contributed by atoms with Crippen molar-refractivity contribution in [2.24, 2.45) is 0 Å². The molecule has 1 aromatic heterocycles. The lowest BCUT2D eigenvalue weighted by Gasteiger charge is -2.10. The van der Waals surface area contributed by atoms with Crippen LogP contribution >= 0.6 is 11.6 Å². The third-order valence-corrected chi connectivity index (χ3v) is 4.08. The van der Waals surface area contributed by atoms with Gasteiger partial charge in [-0.2, -0.15) is 5.10 Å². The Bertz CT molecular complexity index is 864. The molecule has 3 aromatic rings. The van der Waals surface area contributed by atoms with Gasteiger partial charge in [-0.25, -0.2) is 9.67 Å². The monoisotopic (exact) mass is 370 g/mol. The Morgan fingerprint density at radius 1 is 1.19 bits per heavy atom. The predicted octanol–water partition coefficient (Wildman–Crippen LogP) is 2.98. The Labute approximate surface area is 156 Å². The highest BCUT2D eigenvalue weighted by atomic mass is 35.5.